The molecule has 2 rings (SSSR count). The molecular formula is C19H27N3O6S2. The lowest BCUT2D eigenvalue weighted by Crippen LogP contribution is -2.17. The first-order valence-corrected chi connectivity index (χ1v) is 12.5. The number of anilines is 2. The molecule has 30 heavy (non-hydrogen) atoms. The second kappa shape index (κ2) is 10.0. The molecule has 9 nitrogen and oxygen atoms in total. The van der Waals surface area contributed by atoms with Gasteiger partial charge in [0.2, 0.25) is 10.0 Å². The molecular weight excluding hydrogens is 430 g/mol. The molecule has 0 unspecified atom stereocenters. The number of nitrogens with one attached hydrogen (secondary N) is 2. The summed E-state index contributed by atoms with van der Waals surface area (Å²) < 4.78 is 62.8. The summed E-state index contributed by atoms with van der Waals surface area (Å²) in [6.45, 7) is 6.84. The number of primary sulfonamides is 1. The van der Waals surface area contributed by atoms with Crippen LogP contribution in [0.25, 0.3) is 0 Å². The maximum absolute atomic E-state index is 13.0. The second-order valence-electron chi connectivity index (χ2n) is 6.26. The zero-order chi connectivity index (χ0) is 22.4. The van der Waals surface area contributed by atoms with E-state index in [0.717, 1.165) is 6.42 Å². The van der Waals surface area contributed by atoms with E-state index in [1.54, 1.807) is 6.92 Å². The normalized spacial score (nSPS) is 11.7. The highest BCUT2D eigenvalue weighted by Crippen LogP contribution is 2.32. The molecule has 2 aromatic rings. The van der Waals surface area contributed by atoms with Crippen molar-refractivity contribution < 1.29 is 26.3 Å². The molecule has 0 amide bonds. The predicted molar refractivity (Wildman–Crippen MR) is 116 cm³/mol. The Kier molecular flexibility index (Phi) is 7.93. The Morgan fingerprint density at radius 2 is 1.47 bits per heavy atom. The van der Waals surface area contributed by atoms with Crippen molar-refractivity contribution in [1.29, 1.82) is 0 Å². The number of benzene rings is 2. The molecule has 2 aromatic carbocycles. The van der Waals surface area contributed by atoms with E-state index in [1.165, 1.54) is 36.4 Å². The molecule has 0 aliphatic carbocycles. The molecule has 0 bridgehead atoms. The van der Waals surface area contributed by atoms with Crippen LogP contribution in [0.5, 0.6) is 11.5 Å². The standard InChI is InChI=1S/C19H27N3O6S2/c1-4-11-21-16-9-7-14(29(20,23)24)12-17(16)22-30(25,26)15-8-10-18(27-5-2)19(13-15)28-6-3/h7-10,12-13,21-22H,4-6,11H2,1-3H3,(H2,20,23,24). The van der Waals surface area contributed by atoms with Crippen LogP contribution >= 0.6 is 0 Å². The predicted octanol–water partition coefficient (Wildman–Crippen LogP) is 2.75. The third-order valence-electron chi connectivity index (χ3n) is 3.95. The highest BCUT2D eigenvalue weighted by Gasteiger charge is 2.20. The maximum Gasteiger partial charge on any atom is 0.262 e. The molecule has 0 aromatic heterocycles. The van der Waals surface area contributed by atoms with Crippen LogP contribution in [-0.4, -0.2) is 36.6 Å². The van der Waals surface area contributed by atoms with Crippen LogP contribution in [0.2, 0.25) is 0 Å². The van der Waals surface area contributed by atoms with Gasteiger partial charge in [0.15, 0.2) is 11.5 Å². The van der Waals surface area contributed by atoms with Crippen LogP contribution in [0.15, 0.2) is 46.2 Å². The molecule has 0 atom stereocenters. The summed E-state index contributed by atoms with van der Waals surface area (Å²) in [4.78, 5) is -0.263. The zero-order valence-corrected chi connectivity index (χ0v) is 18.8. The van der Waals surface area contributed by atoms with Crippen molar-refractivity contribution in [2.45, 2.75) is 37.0 Å². The van der Waals surface area contributed by atoms with Gasteiger partial charge in [-0.3, -0.25) is 4.72 Å². The minimum Gasteiger partial charge on any atom is -0.490 e. The van der Waals surface area contributed by atoms with E-state index < -0.39 is 20.0 Å². The number of nitrogens with two attached hydrogens (primary N) is 1. The third kappa shape index (κ3) is 6.00. The zero-order valence-electron chi connectivity index (χ0n) is 17.1. The fourth-order valence-corrected chi connectivity index (χ4v) is 4.23. The quantitative estimate of drug-likeness (QED) is 0.472. The van der Waals surface area contributed by atoms with Gasteiger partial charge in [0, 0.05) is 12.6 Å². The van der Waals surface area contributed by atoms with Crippen LogP contribution in [0.3, 0.4) is 0 Å². The summed E-state index contributed by atoms with van der Waals surface area (Å²) in [7, 11) is -8.06. The van der Waals surface area contributed by atoms with Crippen LogP contribution < -0.4 is 24.7 Å². The van der Waals surface area contributed by atoms with E-state index in [0.29, 0.717) is 36.9 Å². The van der Waals surface area contributed by atoms with Crippen molar-refractivity contribution in [3.8, 4) is 11.5 Å². The average molecular weight is 458 g/mol. The van der Waals surface area contributed by atoms with Crippen molar-refractivity contribution in [3.63, 3.8) is 0 Å². The average Bonchev–Trinajstić information content (AvgIpc) is 2.67. The molecule has 0 radical (unpaired) electrons. The first kappa shape index (κ1) is 23.8. The van der Waals surface area contributed by atoms with Gasteiger partial charge in [0.25, 0.3) is 10.0 Å². The Morgan fingerprint density at radius 1 is 0.833 bits per heavy atom. The number of ether oxygens (including phenoxy) is 2. The Morgan fingerprint density at radius 3 is 2.07 bits per heavy atom. The number of hydrogen-bond donors (Lipinski definition) is 3. The van der Waals surface area contributed by atoms with E-state index in [4.69, 9.17) is 14.6 Å². The van der Waals surface area contributed by atoms with Crippen molar-refractivity contribution >= 4 is 31.4 Å². The molecule has 0 saturated heterocycles. The van der Waals surface area contributed by atoms with Gasteiger partial charge in [-0.25, -0.2) is 22.0 Å². The minimum absolute atomic E-state index is 0.0585. The number of hydrogen-bond acceptors (Lipinski definition) is 7. The Balaban J connectivity index is 2.48. The van der Waals surface area contributed by atoms with Crippen LogP contribution in [0, 0.1) is 0 Å². The molecule has 0 aliphatic rings. The van der Waals surface area contributed by atoms with Gasteiger partial charge in [0.1, 0.15) is 0 Å². The monoisotopic (exact) mass is 457 g/mol. The smallest absolute Gasteiger partial charge is 0.262 e. The van der Waals surface area contributed by atoms with Gasteiger partial charge in [0.05, 0.1) is 34.4 Å². The lowest BCUT2D eigenvalue weighted by atomic mass is 10.2. The molecule has 11 heteroatoms. The third-order valence-corrected chi connectivity index (χ3v) is 6.23. The first-order valence-electron chi connectivity index (χ1n) is 9.45. The SMILES string of the molecule is CCCNc1ccc(S(N)(=O)=O)cc1NS(=O)(=O)c1ccc(OCC)c(OCC)c1. The first-order chi connectivity index (χ1) is 14.1. The van der Waals surface area contributed by atoms with Crippen molar-refractivity contribution in [2.24, 2.45) is 5.14 Å². The summed E-state index contributed by atoms with van der Waals surface area (Å²) in [5.41, 5.74) is 0.505. The number of rotatable bonds is 11. The summed E-state index contributed by atoms with van der Waals surface area (Å²) in [5.74, 6) is 0.727. The fourth-order valence-electron chi connectivity index (χ4n) is 2.60. The summed E-state index contributed by atoms with van der Waals surface area (Å²) in [6.07, 6.45) is 0.791. The molecule has 0 spiro atoms. The van der Waals surface area contributed by atoms with Gasteiger partial charge >= 0.3 is 0 Å². The number of sulfonamides is 2. The van der Waals surface area contributed by atoms with Crippen molar-refractivity contribution in [3.05, 3.63) is 36.4 Å². The van der Waals surface area contributed by atoms with E-state index in [9.17, 15) is 16.8 Å². The van der Waals surface area contributed by atoms with E-state index in [1.807, 2.05) is 13.8 Å². The summed E-state index contributed by atoms with van der Waals surface area (Å²) in [5, 5.41) is 8.26. The topological polar surface area (TPSA) is 137 Å². The molecule has 0 heterocycles. The van der Waals surface area contributed by atoms with Gasteiger partial charge in [-0.1, -0.05) is 6.92 Å². The van der Waals surface area contributed by atoms with Crippen molar-refractivity contribution in [2.75, 3.05) is 29.8 Å². The van der Waals surface area contributed by atoms with Crippen LogP contribution in [-0.2, 0) is 20.0 Å². The minimum atomic E-state index is -4.06. The van der Waals surface area contributed by atoms with E-state index >= 15 is 0 Å². The Labute approximate surface area is 177 Å². The molecule has 0 saturated carbocycles. The van der Waals surface area contributed by atoms with Gasteiger partial charge in [-0.15, -0.1) is 0 Å². The fraction of sp³-hybridized carbons (Fsp3) is 0.368. The van der Waals surface area contributed by atoms with Gasteiger partial charge in [-0.05, 0) is 50.6 Å². The van der Waals surface area contributed by atoms with E-state index in [2.05, 4.69) is 10.0 Å². The summed E-state index contributed by atoms with van der Waals surface area (Å²) in [6, 6.07) is 8.23. The molecule has 0 fully saturated rings. The van der Waals surface area contributed by atoms with Gasteiger partial charge < -0.3 is 14.8 Å². The maximum atomic E-state index is 13.0. The second-order valence-corrected chi connectivity index (χ2v) is 9.50. The lowest BCUT2D eigenvalue weighted by molar-refractivity contribution is 0.287. The van der Waals surface area contributed by atoms with Crippen LogP contribution in [0.1, 0.15) is 27.2 Å². The molecule has 0 aliphatic heterocycles. The Bertz CT molecular complexity index is 1090. The highest BCUT2D eigenvalue weighted by atomic mass is 32.2. The van der Waals surface area contributed by atoms with Crippen LogP contribution in [0.4, 0.5) is 11.4 Å². The van der Waals surface area contributed by atoms with E-state index in [-0.39, 0.29) is 15.5 Å². The van der Waals surface area contributed by atoms with Crippen molar-refractivity contribution in [1.82, 2.24) is 0 Å². The molecule has 4 N–H and O–H groups in total. The lowest BCUT2D eigenvalue weighted by Gasteiger charge is -2.16. The largest absolute Gasteiger partial charge is 0.490 e. The van der Waals surface area contributed by atoms with Gasteiger partial charge in [-0.2, -0.15) is 0 Å². The molecule has 166 valence electrons. The Hall–Kier alpha value is -2.50. The summed E-state index contributed by atoms with van der Waals surface area (Å²) >= 11 is 0. The highest BCUT2D eigenvalue weighted by molar-refractivity contribution is 7.92.